The van der Waals surface area contributed by atoms with E-state index in [1.807, 2.05) is 184 Å². The van der Waals surface area contributed by atoms with Crippen LogP contribution < -0.4 is 0 Å². The van der Waals surface area contributed by atoms with E-state index in [1.54, 1.807) is 26.0 Å². The molecule has 0 saturated heterocycles. The van der Waals surface area contributed by atoms with Crippen molar-refractivity contribution in [3.05, 3.63) is 365 Å². The Kier molecular flexibility index (Phi) is 15.1. The van der Waals surface area contributed by atoms with Crippen LogP contribution in [-0.4, -0.2) is 0 Å². The molecule has 28 rings (SSSR count). The second-order valence-corrected chi connectivity index (χ2v) is 29.0. The molecule has 18 aromatic rings. The lowest BCUT2D eigenvalue weighted by molar-refractivity contribution is -0.160. The average molecular weight is 1440 g/mol. The summed E-state index contributed by atoms with van der Waals surface area (Å²) in [5.41, 5.74) is 9.70. The van der Waals surface area contributed by atoms with Crippen LogP contribution in [0.4, 0.5) is 26.3 Å². The molecule has 30 bridgehead atoms. The van der Waals surface area contributed by atoms with E-state index in [1.165, 1.54) is 12.1 Å². The molecule has 0 atom stereocenters. The van der Waals surface area contributed by atoms with Gasteiger partial charge in [0.05, 0.1) is 11.1 Å². The Labute approximate surface area is 640 Å². The highest BCUT2D eigenvalue weighted by atomic mass is 19.4. The minimum Gasteiger partial charge on any atom is -0.166 e. The predicted octanol–water partition coefficient (Wildman–Crippen LogP) is 24.9. The number of halogens is 6. The first-order chi connectivity index (χ1) is 54.3. The monoisotopic (exact) mass is 1440 g/mol. The first-order valence-electron chi connectivity index (χ1n) is 36.5. The fourth-order valence-electron chi connectivity index (χ4n) is 16.4. The van der Waals surface area contributed by atoms with Crippen LogP contribution in [0.1, 0.15) is 122 Å². The maximum atomic E-state index is 16.5. The van der Waals surface area contributed by atoms with Crippen LogP contribution in [0.2, 0.25) is 0 Å². The topological polar surface area (TPSA) is 0 Å². The Balaban J connectivity index is 0.883. The van der Waals surface area contributed by atoms with Crippen molar-refractivity contribution in [2.75, 3.05) is 0 Å². The first-order valence-corrected chi connectivity index (χ1v) is 36.5. The van der Waals surface area contributed by atoms with Gasteiger partial charge >= 0.3 is 12.4 Å². The Morgan fingerprint density at radius 1 is 0.170 bits per heavy atom. The van der Waals surface area contributed by atoms with E-state index in [4.69, 9.17) is 0 Å². The van der Waals surface area contributed by atoms with E-state index in [-0.39, 0.29) is 21.9 Å². The SMILES string of the molecule is Cc1c2ccc3cc2c2c4cc(ccc14)C#Cc1ccc4ccc(cc4c1)C#Cc1ccc4ccc(cc4c1)C#Cc1ccc4c(C)c5ccc(cc5c(c4c1)C#Cc1cc4c(C)c(C)c5cc(cc6c(C(F)(F)F)c(C(F)(F)F)c(c1)c4c56)C#C2)C#Cc1ccc2ccc(cc2c1)C#Cc1ccc2ccc(cc2c1)C#C3. The zero-order valence-corrected chi connectivity index (χ0v) is 60.4. The number of aryl methyl sites for hydroxylation is 4. The van der Waals surface area contributed by atoms with E-state index in [0.29, 0.717) is 76.8 Å². The standard InChI is InChI=1S/C106H52F6/c1-61-62(2)94-58-78-30-44-92-97-55-75-15-11-71-23-37-81-33-19-67(47-85(81)51-71)7-5-65-17-31-79-35-21-69(49-83(79)45-65)9-13-73-25-39-87-63(3)88-40-26-74(54-96(88)91(95(87)53-73)43-29-77-57-93(61)101-99(59-77)103(105(107,108)109)104(106(110,111)112)100(60-78)102(94)101)14-10-70-22-36-80-32-18-66(46-84(80)50-70)6-8-68-20-34-82-38-24-72(52-86(82)48-68)12-16-76-28-42-90(98(92)56-76)64(4)89(97)41-27-75/h17-28,31-42,45-60H,1-4H3. The van der Waals surface area contributed by atoms with Gasteiger partial charge in [-0.1, -0.05) is 168 Å². The Bertz CT molecular complexity index is 7180. The van der Waals surface area contributed by atoms with Gasteiger partial charge in [0, 0.05) is 89.0 Å². The van der Waals surface area contributed by atoms with E-state index >= 15 is 26.3 Å². The lowest BCUT2D eigenvalue weighted by Gasteiger charge is -2.25. The number of hydrogen-bond donors (Lipinski definition) is 0. The molecule has 0 heterocycles. The zero-order chi connectivity index (χ0) is 76.0. The molecule has 518 valence electrons. The lowest BCUT2D eigenvalue weighted by atomic mass is 9.82. The highest BCUT2D eigenvalue weighted by Gasteiger charge is 2.47. The third-order valence-electron chi connectivity index (χ3n) is 22.2. The maximum Gasteiger partial charge on any atom is 0.417 e. The highest BCUT2D eigenvalue weighted by Crippen LogP contribution is 2.52. The van der Waals surface area contributed by atoms with Gasteiger partial charge in [0.2, 0.25) is 0 Å². The van der Waals surface area contributed by atoms with Gasteiger partial charge < -0.3 is 0 Å². The molecule has 112 heavy (non-hydrogen) atoms. The second-order valence-electron chi connectivity index (χ2n) is 29.0. The van der Waals surface area contributed by atoms with Crippen LogP contribution in [0, 0.1) is 122 Å². The Morgan fingerprint density at radius 2 is 0.357 bits per heavy atom. The minimum atomic E-state index is -5.51. The number of alkyl halides is 6. The average Bonchev–Trinajstić information content (AvgIpc) is 0.692. The lowest BCUT2D eigenvalue weighted by Crippen LogP contribution is -2.18. The zero-order valence-electron chi connectivity index (χ0n) is 60.4. The molecule has 10 aliphatic carbocycles. The van der Waals surface area contributed by atoms with Gasteiger partial charge in [0.15, 0.2) is 0 Å². The quantitative estimate of drug-likeness (QED) is 0.0614. The summed E-state index contributed by atoms with van der Waals surface area (Å²) in [6.07, 6.45) is -11.0. The van der Waals surface area contributed by atoms with Crippen molar-refractivity contribution in [1.82, 2.24) is 0 Å². The summed E-state index contributed by atoms with van der Waals surface area (Å²) in [5, 5.41) is 13.7. The molecule has 0 nitrogen and oxygen atoms in total. The van der Waals surface area contributed by atoms with Gasteiger partial charge in [0.25, 0.3) is 0 Å². The van der Waals surface area contributed by atoms with Gasteiger partial charge in [-0.3, -0.25) is 0 Å². The summed E-state index contributed by atoms with van der Waals surface area (Å²) < 4.78 is 99.1. The molecule has 0 aromatic heterocycles. The molecule has 0 aliphatic heterocycles. The smallest absolute Gasteiger partial charge is 0.166 e. The molecule has 0 spiro atoms. The maximum absolute atomic E-state index is 16.5. The van der Waals surface area contributed by atoms with Crippen molar-refractivity contribution >= 4 is 118 Å². The van der Waals surface area contributed by atoms with Gasteiger partial charge in [-0.05, 0) is 338 Å². The summed E-state index contributed by atoms with van der Waals surface area (Å²) >= 11 is 0. The van der Waals surface area contributed by atoms with Gasteiger partial charge in [-0.25, -0.2) is 0 Å². The molecule has 0 saturated carbocycles. The van der Waals surface area contributed by atoms with Crippen LogP contribution in [0.5, 0.6) is 0 Å². The van der Waals surface area contributed by atoms with E-state index in [2.05, 4.69) is 143 Å². The van der Waals surface area contributed by atoms with E-state index < -0.39 is 34.3 Å². The number of hydrogen-bond acceptors (Lipinski definition) is 0. The van der Waals surface area contributed by atoms with Crippen LogP contribution in [0.3, 0.4) is 0 Å². The number of benzene rings is 18. The van der Waals surface area contributed by atoms with E-state index in [0.717, 1.165) is 120 Å². The Hall–Kier alpha value is -14.9. The second kappa shape index (κ2) is 25.4. The van der Waals surface area contributed by atoms with E-state index in [9.17, 15) is 0 Å². The summed E-state index contributed by atoms with van der Waals surface area (Å²) in [5.74, 6) is 54.4. The van der Waals surface area contributed by atoms with Crippen molar-refractivity contribution < 1.29 is 26.3 Å². The summed E-state index contributed by atoms with van der Waals surface area (Å²) in [4.78, 5) is 0. The predicted molar refractivity (Wildman–Crippen MR) is 446 cm³/mol. The molecule has 6 heteroatoms. The van der Waals surface area contributed by atoms with Crippen LogP contribution >= 0.6 is 0 Å². The van der Waals surface area contributed by atoms with Crippen molar-refractivity contribution in [2.24, 2.45) is 0 Å². The molecular formula is C106H52F6. The molecule has 10 aliphatic rings. The fourth-order valence-corrected chi connectivity index (χ4v) is 16.4. The normalized spacial score (nSPS) is 12.2. The molecule has 18 aromatic carbocycles. The van der Waals surface area contributed by atoms with Crippen molar-refractivity contribution in [1.29, 1.82) is 0 Å². The third kappa shape index (κ3) is 11.6. The third-order valence-corrected chi connectivity index (χ3v) is 22.2. The summed E-state index contributed by atoms with van der Waals surface area (Å²) in [6.45, 7) is 7.66. The Morgan fingerprint density at radius 3 is 0.580 bits per heavy atom. The van der Waals surface area contributed by atoms with Crippen molar-refractivity contribution in [3.63, 3.8) is 0 Å². The molecule has 0 radical (unpaired) electrons. The van der Waals surface area contributed by atoms with Crippen LogP contribution in [0.25, 0.3) is 118 Å². The molecule has 0 fully saturated rings. The molecular weight excluding hydrogens is 1390 g/mol. The molecule has 0 N–H and O–H groups in total. The van der Waals surface area contributed by atoms with Crippen molar-refractivity contribution in [2.45, 2.75) is 40.0 Å². The van der Waals surface area contributed by atoms with Gasteiger partial charge in [-0.15, -0.1) is 0 Å². The first kappa shape index (κ1) is 66.6. The van der Waals surface area contributed by atoms with Gasteiger partial charge in [0.1, 0.15) is 0 Å². The molecule has 0 unspecified atom stereocenters. The van der Waals surface area contributed by atoms with Crippen LogP contribution in [-0.2, 0) is 12.4 Å². The summed E-state index contributed by atoms with van der Waals surface area (Å²) in [6, 6.07) is 78.3. The summed E-state index contributed by atoms with van der Waals surface area (Å²) in [7, 11) is 0. The fraction of sp³-hybridized carbons (Fsp3) is 0.0566. The number of rotatable bonds is 0. The van der Waals surface area contributed by atoms with Crippen LogP contribution in [0.15, 0.2) is 243 Å². The molecule has 0 amide bonds. The van der Waals surface area contributed by atoms with Crippen molar-refractivity contribution in [3.8, 4) is 94.7 Å². The van der Waals surface area contributed by atoms with Gasteiger partial charge in [-0.2, -0.15) is 26.3 Å². The largest absolute Gasteiger partial charge is 0.417 e. The highest BCUT2D eigenvalue weighted by molar-refractivity contribution is 6.27. The minimum absolute atomic E-state index is 0.0448.